The Bertz CT molecular complexity index is 713. The van der Waals surface area contributed by atoms with E-state index in [4.69, 9.17) is 4.42 Å². The van der Waals surface area contributed by atoms with Gasteiger partial charge in [0, 0.05) is 13.1 Å². The van der Waals surface area contributed by atoms with Crippen LogP contribution in [0.15, 0.2) is 22.6 Å². The first kappa shape index (κ1) is 16.1. The van der Waals surface area contributed by atoms with Crippen molar-refractivity contribution in [3.05, 3.63) is 41.3 Å². The predicted octanol–water partition coefficient (Wildman–Crippen LogP) is 3.28. The van der Waals surface area contributed by atoms with Gasteiger partial charge in [0.2, 0.25) is 5.89 Å². The molecule has 0 aliphatic carbocycles. The van der Waals surface area contributed by atoms with Crippen LogP contribution >= 0.6 is 0 Å². The number of benzene rings is 1. The van der Waals surface area contributed by atoms with Crippen molar-refractivity contribution in [2.45, 2.75) is 38.8 Å². The van der Waals surface area contributed by atoms with Crippen LogP contribution in [-0.4, -0.2) is 33.7 Å². The number of hydrogen-bond acceptors (Lipinski definition) is 4. The van der Waals surface area contributed by atoms with Crippen molar-refractivity contribution < 1.29 is 18.3 Å². The Kier molecular flexibility index (Phi) is 4.21. The third-order valence-corrected chi connectivity index (χ3v) is 4.20. The van der Waals surface area contributed by atoms with E-state index in [1.54, 1.807) is 6.92 Å². The molecule has 2 heterocycles. The molecule has 1 aromatic heterocycles. The van der Waals surface area contributed by atoms with Crippen molar-refractivity contribution in [1.29, 1.82) is 0 Å². The molecule has 1 aliphatic rings. The third kappa shape index (κ3) is 3.43. The fourth-order valence-electron chi connectivity index (χ4n) is 3.03. The molecule has 3 rings (SSSR count). The molecule has 1 aliphatic heterocycles. The van der Waals surface area contributed by atoms with Crippen LogP contribution in [0.25, 0.3) is 11.5 Å². The number of likely N-dealkylation sites (tertiary alicyclic amines) is 1. The van der Waals surface area contributed by atoms with Crippen LogP contribution in [0.4, 0.5) is 8.78 Å². The quantitative estimate of drug-likeness (QED) is 0.942. The number of hydrogen-bond donors (Lipinski definition) is 1. The molecule has 0 radical (unpaired) electrons. The lowest BCUT2D eigenvalue weighted by atomic mass is 9.95. The first-order chi connectivity index (χ1) is 10.9. The van der Waals surface area contributed by atoms with Crippen LogP contribution in [0.3, 0.4) is 0 Å². The van der Waals surface area contributed by atoms with Crippen LogP contribution in [0, 0.1) is 18.6 Å². The van der Waals surface area contributed by atoms with Gasteiger partial charge in [0.25, 0.3) is 0 Å². The second-order valence-electron chi connectivity index (χ2n) is 6.43. The first-order valence-electron chi connectivity index (χ1n) is 7.71. The van der Waals surface area contributed by atoms with E-state index in [0.717, 1.165) is 25.5 Å². The zero-order valence-corrected chi connectivity index (χ0v) is 13.3. The molecular weight excluding hydrogens is 302 g/mol. The van der Waals surface area contributed by atoms with Gasteiger partial charge in [-0.2, -0.15) is 0 Å². The molecule has 1 atom stereocenters. The van der Waals surface area contributed by atoms with Crippen molar-refractivity contribution in [1.82, 2.24) is 9.88 Å². The molecule has 1 saturated heterocycles. The van der Waals surface area contributed by atoms with Gasteiger partial charge in [0.15, 0.2) is 11.6 Å². The lowest BCUT2D eigenvalue weighted by molar-refractivity contribution is -0.0185. The minimum Gasteiger partial charge on any atom is -0.441 e. The summed E-state index contributed by atoms with van der Waals surface area (Å²) in [5.41, 5.74) is -0.000679. The summed E-state index contributed by atoms with van der Waals surface area (Å²) in [4.78, 5) is 6.42. The second-order valence-corrected chi connectivity index (χ2v) is 6.43. The molecule has 0 saturated carbocycles. The maximum Gasteiger partial charge on any atom is 0.229 e. The lowest BCUT2D eigenvalue weighted by Gasteiger charge is -2.36. The van der Waals surface area contributed by atoms with E-state index in [9.17, 15) is 13.9 Å². The van der Waals surface area contributed by atoms with Crippen molar-refractivity contribution in [2.75, 3.05) is 13.1 Å². The van der Waals surface area contributed by atoms with Gasteiger partial charge in [0.05, 0.1) is 16.9 Å². The van der Waals surface area contributed by atoms with Crippen molar-refractivity contribution in [3.63, 3.8) is 0 Å². The van der Waals surface area contributed by atoms with Crippen molar-refractivity contribution in [2.24, 2.45) is 0 Å². The van der Waals surface area contributed by atoms with E-state index in [1.165, 1.54) is 12.1 Å². The number of aromatic nitrogens is 1. The second kappa shape index (κ2) is 6.02. The van der Waals surface area contributed by atoms with Crippen LogP contribution in [0.2, 0.25) is 0 Å². The highest BCUT2D eigenvalue weighted by molar-refractivity contribution is 5.54. The zero-order chi connectivity index (χ0) is 16.6. The molecule has 1 fully saturated rings. The minimum absolute atomic E-state index is 0.0185. The van der Waals surface area contributed by atoms with Crippen LogP contribution < -0.4 is 0 Å². The van der Waals surface area contributed by atoms with Gasteiger partial charge in [-0.3, -0.25) is 4.90 Å². The molecule has 0 bridgehead atoms. The van der Waals surface area contributed by atoms with E-state index < -0.39 is 17.2 Å². The average molecular weight is 322 g/mol. The van der Waals surface area contributed by atoms with Gasteiger partial charge in [-0.15, -0.1) is 0 Å². The van der Waals surface area contributed by atoms with Crippen molar-refractivity contribution >= 4 is 0 Å². The third-order valence-electron chi connectivity index (χ3n) is 4.20. The maximum atomic E-state index is 13.9. The Hall–Kier alpha value is -1.79. The summed E-state index contributed by atoms with van der Waals surface area (Å²) in [5, 5.41) is 10.2. The molecule has 0 unspecified atom stereocenters. The topological polar surface area (TPSA) is 49.5 Å². The van der Waals surface area contributed by atoms with Gasteiger partial charge >= 0.3 is 0 Å². The predicted molar refractivity (Wildman–Crippen MR) is 81.7 cm³/mol. The normalized spacial score (nSPS) is 22.5. The Morgan fingerprint density at radius 1 is 1.39 bits per heavy atom. The van der Waals surface area contributed by atoms with Crippen LogP contribution in [0.1, 0.15) is 31.2 Å². The van der Waals surface area contributed by atoms with E-state index in [-0.39, 0.29) is 11.5 Å². The molecule has 124 valence electrons. The van der Waals surface area contributed by atoms with Crippen LogP contribution in [-0.2, 0) is 6.54 Å². The van der Waals surface area contributed by atoms with Crippen molar-refractivity contribution in [3.8, 4) is 11.5 Å². The standard InChI is InChI=1S/C17H20F2N2O2/c1-11-14(9-21-8-4-7-17(2,22)10-21)20-16(23-11)12-5-3-6-13(18)15(12)19/h3,5-6,22H,4,7-10H2,1-2H3/t17-/m0/s1. The lowest BCUT2D eigenvalue weighted by Crippen LogP contribution is -2.45. The summed E-state index contributed by atoms with van der Waals surface area (Å²) < 4.78 is 32.7. The van der Waals surface area contributed by atoms with E-state index in [1.807, 2.05) is 6.92 Å². The zero-order valence-electron chi connectivity index (χ0n) is 13.3. The van der Waals surface area contributed by atoms with E-state index in [2.05, 4.69) is 9.88 Å². The van der Waals surface area contributed by atoms with Gasteiger partial charge in [-0.05, 0) is 45.4 Å². The molecular formula is C17H20F2N2O2. The molecule has 6 heteroatoms. The maximum absolute atomic E-state index is 13.9. The summed E-state index contributed by atoms with van der Waals surface area (Å²) >= 11 is 0. The summed E-state index contributed by atoms with van der Waals surface area (Å²) in [7, 11) is 0. The Morgan fingerprint density at radius 3 is 2.91 bits per heavy atom. The van der Waals surface area contributed by atoms with E-state index in [0.29, 0.717) is 24.5 Å². The molecule has 0 amide bonds. The number of piperidine rings is 1. The number of rotatable bonds is 3. The number of aryl methyl sites for hydroxylation is 1. The fourth-order valence-corrected chi connectivity index (χ4v) is 3.03. The average Bonchev–Trinajstić information content (AvgIpc) is 2.82. The summed E-state index contributed by atoms with van der Waals surface area (Å²) in [6.45, 7) is 5.52. The number of aliphatic hydroxyl groups is 1. The molecule has 1 aromatic carbocycles. The number of β-amino-alcohol motifs (C(OH)–C–C–N with tert-alkyl or cyclic N) is 1. The number of oxazole rings is 1. The molecule has 2 aromatic rings. The van der Waals surface area contributed by atoms with Gasteiger partial charge in [-0.25, -0.2) is 13.8 Å². The Labute approximate surface area is 133 Å². The van der Waals surface area contributed by atoms with E-state index >= 15 is 0 Å². The first-order valence-corrected chi connectivity index (χ1v) is 7.71. The van der Waals surface area contributed by atoms with Gasteiger partial charge in [-0.1, -0.05) is 6.07 Å². The highest BCUT2D eigenvalue weighted by Gasteiger charge is 2.29. The molecule has 23 heavy (non-hydrogen) atoms. The fraction of sp³-hybridized carbons (Fsp3) is 0.471. The highest BCUT2D eigenvalue weighted by atomic mass is 19.2. The Morgan fingerprint density at radius 2 is 2.17 bits per heavy atom. The Balaban J connectivity index is 1.83. The van der Waals surface area contributed by atoms with Gasteiger partial charge in [0.1, 0.15) is 5.76 Å². The summed E-state index contributed by atoms with van der Waals surface area (Å²) in [5.74, 6) is -1.22. The van der Waals surface area contributed by atoms with Crippen LogP contribution in [0.5, 0.6) is 0 Å². The summed E-state index contributed by atoms with van der Waals surface area (Å²) in [6, 6.07) is 3.93. The number of nitrogens with zero attached hydrogens (tertiary/aromatic N) is 2. The smallest absolute Gasteiger partial charge is 0.229 e. The molecule has 1 N–H and O–H groups in total. The molecule has 0 spiro atoms. The highest BCUT2D eigenvalue weighted by Crippen LogP contribution is 2.27. The number of halogens is 2. The largest absolute Gasteiger partial charge is 0.441 e. The minimum atomic E-state index is -0.957. The molecule has 4 nitrogen and oxygen atoms in total. The summed E-state index contributed by atoms with van der Waals surface area (Å²) in [6.07, 6.45) is 1.69. The SMILES string of the molecule is Cc1oc(-c2cccc(F)c2F)nc1CN1CCC[C@](C)(O)C1. The monoisotopic (exact) mass is 322 g/mol. The van der Waals surface area contributed by atoms with Gasteiger partial charge < -0.3 is 9.52 Å².